The Hall–Kier alpha value is -1.01. The number of aryl methyl sites for hydroxylation is 1. The van der Waals surface area contributed by atoms with Gasteiger partial charge in [0, 0.05) is 43.4 Å². The monoisotopic (exact) mass is 297 g/mol. The Balaban J connectivity index is 1.52. The first-order chi connectivity index (χ1) is 9.75. The van der Waals surface area contributed by atoms with Crippen LogP contribution in [0.2, 0.25) is 0 Å². The van der Waals surface area contributed by atoms with Crippen LogP contribution in [0.1, 0.15) is 30.7 Å². The number of amides is 1. The first-order valence-corrected chi connectivity index (χ1v) is 8.32. The molecule has 1 unspecified atom stereocenters. The lowest BCUT2D eigenvalue weighted by molar-refractivity contribution is -0.122. The summed E-state index contributed by atoms with van der Waals surface area (Å²) in [5.74, 6) is 2.36. The van der Waals surface area contributed by atoms with Crippen molar-refractivity contribution in [3.05, 3.63) is 17.7 Å². The van der Waals surface area contributed by atoms with E-state index in [1.54, 1.807) is 18.1 Å². The van der Waals surface area contributed by atoms with Crippen molar-refractivity contribution in [1.29, 1.82) is 0 Å². The molecule has 0 aromatic carbocycles. The standard InChI is InChI=1S/C14H23N3O2S/c1-11-13(17-10-16-11)9-20-6-4-15-14(18)7-12-3-2-5-19-8-12/h10,12H,2-9H2,1H3,(H,15,18)(H,16,17). The number of hydrogen-bond acceptors (Lipinski definition) is 4. The highest BCUT2D eigenvalue weighted by Crippen LogP contribution is 2.17. The van der Waals surface area contributed by atoms with Gasteiger partial charge >= 0.3 is 0 Å². The summed E-state index contributed by atoms with van der Waals surface area (Å²) in [6, 6.07) is 0. The van der Waals surface area contributed by atoms with Crippen molar-refractivity contribution in [2.24, 2.45) is 5.92 Å². The van der Waals surface area contributed by atoms with E-state index < -0.39 is 0 Å². The van der Waals surface area contributed by atoms with E-state index in [-0.39, 0.29) is 5.91 Å². The molecule has 2 rings (SSSR count). The van der Waals surface area contributed by atoms with Crippen molar-refractivity contribution in [2.75, 3.05) is 25.5 Å². The predicted octanol–water partition coefficient (Wildman–Crippen LogP) is 1.88. The van der Waals surface area contributed by atoms with Gasteiger partial charge in [0.15, 0.2) is 0 Å². The Morgan fingerprint density at radius 1 is 1.65 bits per heavy atom. The van der Waals surface area contributed by atoms with E-state index in [0.717, 1.165) is 55.5 Å². The molecule has 1 amide bonds. The van der Waals surface area contributed by atoms with Gasteiger partial charge in [0.2, 0.25) is 5.91 Å². The van der Waals surface area contributed by atoms with Gasteiger partial charge in [0.25, 0.3) is 0 Å². The maximum absolute atomic E-state index is 11.8. The molecule has 6 heteroatoms. The Morgan fingerprint density at radius 3 is 3.25 bits per heavy atom. The largest absolute Gasteiger partial charge is 0.381 e. The lowest BCUT2D eigenvalue weighted by Gasteiger charge is -2.21. The van der Waals surface area contributed by atoms with Crippen LogP contribution >= 0.6 is 11.8 Å². The highest BCUT2D eigenvalue weighted by Gasteiger charge is 2.17. The normalized spacial score (nSPS) is 18.9. The zero-order chi connectivity index (χ0) is 14.2. The SMILES string of the molecule is Cc1[nH]cnc1CSCCNC(=O)CC1CCCOC1. The molecule has 1 aromatic rings. The Morgan fingerprint density at radius 2 is 2.55 bits per heavy atom. The molecule has 0 saturated carbocycles. The van der Waals surface area contributed by atoms with Crippen molar-refractivity contribution in [1.82, 2.24) is 15.3 Å². The number of nitrogens with one attached hydrogen (secondary N) is 2. The molecule has 112 valence electrons. The van der Waals surface area contributed by atoms with Crippen LogP contribution in [0.5, 0.6) is 0 Å². The summed E-state index contributed by atoms with van der Waals surface area (Å²) < 4.78 is 5.38. The molecule has 0 spiro atoms. The summed E-state index contributed by atoms with van der Waals surface area (Å²) in [6.45, 7) is 4.33. The minimum Gasteiger partial charge on any atom is -0.381 e. The van der Waals surface area contributed by atoms with Gasteiger partial charge in [-0.05, 0) is 25.7 Å². The molecule has 2 N–H and O–H groups in total. The third-order valence-electron chi connectivity index (χ3n) is 3.47. The lowest BCUT2D eigenvalue weighted by Crippen LogP contribution is -2.30. The van der Waals surface area contributed by atoms with Crippen LogP contribution in [-0.4, -0.2) is 41.4 Å². The highest BCUT2D eigenvalue weighted by molar-refractivity contribution is 7.98. The molecule has 1 saturated heterocycles. The third-order valence-corrected chi connectivity index (χ3v) is 4.44. The second kappa shape index (κ2) is 8.32. The predicted molar refractivity (Wildman–Crippen MR) is 80.7 cm³/mol. The molecule has 0 radical (unpaired) electrons. The smallest absolute Gasteiger partial charge is 0.220 e. The average Bonchev–Trinajstić information content (AvgIpc) is 2.85. The van der Waals surface area contributed by atoms with Crippen LogP contribution < -0.4 is 5.32 Å². The first-order valence-electron chi connectivity index (χ1n) is 7.16. The summed E-state index contributed by atoms with van der Waals surface area (Å²) in [4.78, 5) is 19.1. The van der Waals surface area contributed by atoms with Crippen LogP contribution in [0.4, 0.5) is 0 Å². The topological polar surface area (TPSA) is 67.0 Å². The van der Waals surface area contributed by atoms with Gasteiger partial charge < -0.3 is 15.0 Å². The molecule has 1 aliphatic rings. The molecule has 0 aliphatic carbocycles. The quantitative estimate of drug-likeness (QED) is 0.754. The second-order valence-electron chi connectivity index (χ2n) is 5.16. The van der Waals surface area contributed by atoms with Crippen molar-refractivity contribution in [3.8, 4) is 0 Å². The summed E-state index contributed by atoms with van der Waals surface area (Å²) in [6.07, 6.45) is 4.51. The zero-order valence-corrected chi connectivity index (χ0v) is 12.8. The van der Waals surface area contributed by atoms with Gasteiger partial charge in [-0.1, -0.05) is 0 Å². The molecule has 0 bridgehead atoms. The van der Waals surface area contributed by atoms with E-state index >= 15 is 0 Å². The molecule has 1 fully saturated rings. The number of aromatic nitrogens is 2. The molecule has 2 heterocycles. The van der Waals surface area contributed by atoms with Crippen LogP contribution in [0.3, 0.4) is 0 Å². The number of carbonyl (C=O) groups is 1. The van der Waals surface area contributed by atoms with E-state index in [0.29, 0.717) is 12.3 Å². The van der Waals surface area contributed by atoms with Gasteiger partial charge in [-0.25, -0.2) is 4.98 Å². The number of carbonyl (C=O) groups excluding carboxylic acids is 1. The summed E-state index contributed by atoms with van der Waals surface area (Å²) in [5, 5.41) is 2.98. The van der Waals surface area contributed by atoms with E-state index in [2.05, 4.69) is 15.3 Å². The van der Waals surface area contributed by atoms with Gasteiger partial charge in [-0.15, -0.1) is 0 Å². The number of hydrogen-bond donors (Lipinski definition) is 2. The Bertz CT molecular complexity index is 416. The van der Waals surface area contributed by atoms with Gasteiger partial charge in [0.05, 0.1) is 12.0 Å². The van der Waals surface area contributed by atoms with E-state index in [9.17, 15) is 4.79 Å². The molecule has 20 heavy (non-hydrogen) atoms. The van der Waals surface area contributed by atoms with E-state index in [1.807, 2.05) is 6.92 Å². The van der Waals surface area contributed by atoms with Crippen molar-refractivity contribution in [2.45, 2.75) is 31.9 Å². The van der Waals surface area contributed by atoms with Crippen molar-refractivity contribution >= 4 is 17.7 Å². The maximum Gasteiger partial charge on any atom is 0.220 e. The first kappa shape index (κ1) is 15.4. The van der Waals surface area contributed by atoms with Crippen LogP contribution in [-0.2, 0) is 15.3 Å². The minimum absolute atomic E-state index is 0.150. The Labute approximate surface area is 124 Å². The fraction of sp³-hybridized carbons (Fsp3) is 0.714. The second-order valence-corrected chi connectivity index (χ2v) is 6.27. The number of ether oxygens (including phenoxy) is 1. The summed E-state index contributed by atoms with van der Waals surface area (Å²) >= 11 is 1.79. The van der Waals surface area contributed by atoms with Gasteiger partial charge in [-0.2, -0.15) is 11.8 Å². The zero-order valence-electron chi connectivity index (χ0n) is 12.0. The maximum atomic E-state index is 11.8. The van der Waals surface area contributed by atoms with Crippen LogP contribution in [0, 0.1) is 12.8 Å². The number of nitrogens with zero attached hydrogens (tertiary/aromatic N) is 1. The Kier molecular flexibility index (Phi) is 6.39. The van der Waals surface area contributed by atoms with Crippen molar-refractivity contribution in [3.63, 3.8) is 0 Å². The molecule has 1 atom stereocenters. The number of imidazole rings is 1. The fourth-order valence-electron chi connectivity index (χ4n) is 2.27. The van der Waals surface area contributed by atoms with Crippen LogP contribution in [0.15, 0.2) is 6.33 Å². The van der Waals surface area contributed by atoms with E-state index in [1.165, 1.54) is 0 Å². The molecule has 1 aromatic heterocycles. The summed E-state index contributed by atoms with van der Waals surface area (Å²) in [5.41, 5.74) is 2.22. The lowest BCUT2D eigenvalue weighted by atomic mass is 9.98. The van der Waals surface area contributed by atoms with Crippen LogP contribution in [0.25, 0.3) is 0 Å². The van der Waals surface area contributed by atoms with Crippen molar-refractivity contribution < 1.29 is 9.53 Å². The fourth-order valence-corrected chi connectivity index (χ4v) is 3.14. The molecular formula is C14H23N3O2S. The van der Waals surface area contributed by atoms with E-state index in [4.69, 9.17) is 4.74 Å². The number of aromatic amines is 1. The van der Waals surface area contributed by atoms with Gasteiger partial charge in [0.1, 0.15) is 0 Å². The third kappa shape index (κ3) is 5.17. The molecule has 1 aliphatic heterocycles. The van der Waals surface area contributed by atoms with Gasteiger partial charge in [-0.3, -0.25) is 4.79 Å². The molecule has 5 nitrogen and oxygen atoms in total. The average molecular weight is 297 g/mol. The number of rotatable bonds is 7. The number of H-pyrrole nitrogens is 1. The minimum atomic E-state index is 0.150. The summed E-state index contributed by atoms with van der Waals surface area (Å²) in [7, 11) is 0. The number of thioether (sulfide) groups is 1. The molecular weight excluding hydrogens is 274 g/mol. The highest BCUT2D eigenvalue weighted by atomic mass is 32.2.